The van der Waals surface area contributed by atoms with Crippen LogP contribution in [0.2, 0.25) is 5.02 Å². The zero-order valence-corrected chi connectivity index (χ0v) is 13.6. The Morgan fingerprint density at radius 1 is 1.17 bits per heavy atom. The Morgan fingerprint density at radius 3 is 2.42 bits per heavy atom. The van der Waals surface area contributed by atoms with Crippen molar-refractivity contribution in [2.45, 2.75) is 19.1 Å². The number of alkyl halides is 3. The molecule has 0 spiro atoms. The summed E-state index contributed by atoms with van der Waals surface area (Å²) in [5.41, 5.74) is -0.637. The van der Waals surface area contributed by atoms with E-state index < -0.39 is 23.7 Å². The first-order valence-electron chi connectivity index (χ1n) is 7.29. The van der Waals surface area contributed by atoms with Crippen LogP contribution in [0, 0.1) is 0 Å². The summed E-state index contributed by atoms with van der Waals surface area (Å²) in [7, 11) is 0. The number of carbonyl (C=O) groups excluding carboxylic acids is 1. The summed E-state index contributed by atoms with van der Waals surface area (Å²) in [4.78, 5) is 12.5. The Bertz CT molecular complexity index is 705. The number of nitrogens with one attached hydrogen (secondary N) is 2. The molecule has 2 rings (SSSR count). The molecule has 1 atom stereocenters. The second-order valence-electron chi connectivity index (χ2n) is 5.08. The molecule has 0 bridgehead atoms. The normalized spacial score (nSPS) is 12.7. The van der Waals surface area contributed by atoms with Crippen molar-refractivity contribution in [1.29, 1.82) is 0 Å². The molecular formula is C17H16ClF3N2O. The fourth-order valence-corrected chi connectivity index (χ4v) is 2.45. The van der Waals surface area contributed by atoms with Crippen molar-refractivity contribution in [3.8, 4) is 0 Å². The maximum absolute atomic E-state index is 13.1. The lowest BCUT2D eigenvalue weighted by molar-refractivity contribution is -0.137. The lowest BCUT2D eigenvalue weighted by Crippen LogP contribution is -2.33. The SMILES string of the molecule is CCN[C@@H](C(=O)Nc1ccc(Cl)cc1C(F)(F)F)c1ccccc1. The molecule has 0 heterocycles. The van der Waals surface area contributed by atoms with Crippen LogP contribution in [-0.2, 0) is 11.0 Å². The molecule has 7 heteroatoms. The molecular weight excluding hydrogens is 341 g/mol. The van der Waals surface area contributed by atoms with Gasteiger partial charge in [0.25, 0.3) is 0 Å². The summed E-state index contributed by atoms with van der Waals surface area (Å²) < 4.78 is 39.4. The Hall–Kier alpha value is -2.05. The van der Waals surface area contributed by atoms with E-state index in [1.807, 2.05) is 6.92 Å². The van der Waals surface area contributed by atoms with E-state index in [1.54, 1.807) is 30.3 Å². The van der Waals surface area contributed by atoms with E-state index in [0.717, 1.165) is 12.1 Å². The first-order valence-corrected chi connectivity index (χ1v) is 7.66. The highest BCUT2D eigenvalue weighted by atomic mass is 35.5. The van der Waals surface area contributed by atoms with Crippen LogP contribution in [0.4, 0.5) is 18.9 Å². The minimum Gasteiger partial charge on any atom is -0.324 e. The summed E-state index contributed by atoms with van der Waals surface area (Å²) in [5.74, 6) is -0.573. The van der Waals surface area contributed by atoms with Crippen molar-refractivity contribution in [1.82, 2.24) is 5.32 Å². The smallest absolute Gasteiger partial charge is 0.324 e. The van der Waals surface area contributed by atoms with Crippen molar-refractivity contribution in [3.05, 3.63) is 64.7 Å². The molecule has 0 aromatic heterocycles. The van der Waals surface area contributed by atoms with Gasteiger partial charge >= 0.3 is 6.18 Å². The average Bonchev–Trinajstić information content (AvgIpc) is 2.54. The molecule has 1 amide bonds. The number of carbonyl (C=O) groups is 1. The summed E-state index contributed by atoms with van der Waals surface area (Å²) >= 11 is 5.64. The van der Waals surface area contributed by atoms with Gasteiger partial charge in [-0.1, -0.05) is 48.9 Å². The van der Waals surface area contributed by atoms with Gasteiger partial charge in [-0.05, 0) is 30.3 Å². The summed E-state index contributed by atoms with van der Waals surface area (Å²) in [6, 6.07) is 11.3. The average molecular weight is 357 g/mol. The molecule has 2 aromatic carbocycles. The molecule has 2 aromatic rings. The van der Waals surface area contributed by atoms with Crippen molar-refractivity contribution in [3.63, 3.8) is 0 Å². The van der Waals surface area contributed by atoms with E-state index in [-0.39, 0.29) is 10.7 Å². The van der Waals surface area contributed by atoms with Gasteiger partial charge in [-0.2, -0.15) is 13.2 Å². The quantitative estimate of drug-likeness (QED) is 0.818. The molecule has 0 aliphatic rings. The van der Waals surface area contributed by atoms with Crippen molar-refractivity contribution >= 4 is 23.2 Å². The fraction of sp³-hybridized carbons (Fsp3) is 0.235. The van der Waals surface area contributed by atoms with E-state index in [0.29, 0.717) is 12.1 Å². The predicted octanol–water partition coefficient (Wildman–Crippen LogP) is 4.65. The molecule has 24 heavy (non-hydrogen) atoms. The largest absolute Gasteiger partial charge is 0.418 e. The number of amides is 1. The van der Waals surface area contributed by atoms with Crippen molar-refractivity contribution in [2.75, 3.05) is 11.9 Å². The highest BCUT2D eigenvalue weighted by molar-refractivity contribution is 6.30. The molecule has 3 nitrogen and oxygen atoms in total. The zero-order valence-electron chi connectivity index (χ0n) is 12.8. The Kier molecular flexibility index (Phi) is 5.85. The number of rotatable bonds is 5. The highest BCUT2D eigenvalue weighted by Crippen LogP contribution is 2.36. The van der Waals surface area contributed by atoms with E-state index in [9.17, 15) is 18.0 Å². The van der Waals surface area contributed by atoms with E-state index in [4.69, 9.17) is 11.6 Å². The van der Waals surface area contributed by atoms with Gasteiger partial charge in [-0.15, -0.1) is 0 Å². The van der Waals surface area contributed by atoms with Crippen LogP contribution in [0.25, 0.3) is 0 Å². The molecule has 0 aliphatic heterocycles. The van der Waals surface area contributed by atoms with Crippen LogP contribution in [-0.4, -0.2) is 12.5 Å². The van der Waals surface area contributed by atoms with Crippen LogP contribution >= 0.6 is 11.6 Å². The topological polar surface area (TPSA) is 41.1 Å². The van der Waals surface area contributed by atoms with Gasteiger partial charge in [0.15, 0.2) is 0 Å². The first-order chi connectivity index (χ1) is 11.3. The fourth-order valence-electron chi connectivity index (χ4n) is 2.28. The monoisotopic (exact) mass is 356 g/mol. The molecule has 0 unspecified atom stereocenters. The van der Waals surface area contributed by atoms with Gasteiger partial charge in [0.1, 0.15) is 6.04 Å². The third kappa shape index (κ3) is 4.49. The van der Waals surface area contributed by atoms with Gasteiger partial charge in [0.05, 0.1) is 11.3 Å². The number of halogens is 4. The molecule has 128 valence electrons. The van der Waals surface area contributed by atoms with Crippen LogP contribution in [0.1, 0.15) is 24.1 Å². The molecule has 0 radical (unpaired) electrons. The van der Waals surface area contributed by atoms with Gasteiger partial charge in [-0.3, -0.25) is 4.79 Å². The van der Waals surface area contributed by atoms with E-state index >= 15 is 0 Å². The van der Waals surface area contributed by atoms with Crippen molar-refractivity contribution < 1.29 is 18.0 Å². The van der Waals surface area contributed by atoms with Gasteiger partial charge in [-0.25, -0.2) is 0 Å². The number of hydrogen-bond donors (Lipinski definition) is 2. The molecule has 0 fully saturated rings. The summed E-state index contributed by atoms with van der Waals surface area (Å²) in [6.45, 7) is 2.30. The standard InChI is InChI=1S/C17H16ClF3N2O/c1-2-22-15(11-6-4-3-5-7-11)16(24)23-14-9-8-12(18)10-13(14)17(19,20)21/h3-10,15,22H,2H2,1H3,(H,23,24)/t15-/m1/s1. The second-order valence-corrected chi connectivity index (χ2v) is 5.51. The second kappa shape index (κ2) is 7.68. The molecule has 2 N–H and O–H groups in total. The predicted molar refractivity (Wildman–Crippen MR) is 87.9 cm³/mol. The van der Waals surface area contributed by atoms with Gasteiger partial charge in [0, 0.05) is 5.02 Å². The van der Waals surface area contributed by atoms with E-state index in [2.05, 4.69) is 10.6 Å². The van der Waals surface area contributed by atoms with E-state index in [1.165, 1.54) is 6.07 Å². The van der Waals surface area contributed by atoms with Crippen molar-refractivity contribution in [2.24, 2.45) is 0 Å². The maximum atomic E-state index is 13.1. The Labute approximate surface area is 142 Å². The minimum absolute atomic E-state index is 0.0494. The third-order valence-electron chi connectivity index (χ3n) is 3.35. The lowest BCUT2D eigenvalue weighted by Gasteiger charge is -2.20. The number of hydrogen-bond acceptors (Lipinski definition) is 2. The maximum Gasteiger partial charge on any atom is 0.418 e. The number of benzene rings is 2. The number of anilines is 1. The van der Waals surface area contributed by atoms with Crippen LogP contribution in [0.5, 0.6) is 0 Å². The zero-order chi connectivity index (χ0) is 17.7. The lowest BCUT2D eigenvalue weighted by atomic mass is 10.1. The van der Waals surface area contributed by atoms with Gasteiger partial charge in [0.2, 0.25) is 5.91 Å². The summed E-state index contributed by atoms with van der Waals surface area (Å²) in [5, 5.41) is 5.27. The van der Waals surface area contributed by atoms with Gasteiger partial charge < -0.3 is 10.6 Å². The molecule has 0 saturated carbocycles. The third-order valence-corrected chi connectivity index (χ3v) is 3.58. The first kappa shape index (κ1) is 18.3. The number of likely N-dealkylation sites (N-methyl/N-ethyl adjacent to an activating group) is 1. The molecule has 0 aliphatic carbocycles. The summed E-state index contributed by atoms with van der Waals surface area (Å²) in [6.07, 6.45) is -4.62. The van der Waals surface area contributed by atoms with Crippen LogP contribution in [0.15, 0.2) is 48.5 Å². The van der Waals surface area contributed by atoms with Crippen LogP contribution < -0.4 is 10.6 Å². The molecule has 0 saturated heterocycles. The minimum atomic E-state index is -4.62. The highest BCUT2D eigenvalue weighted by Gasteiger charge is 2.34. The van der Waals surface area contributed by atoms with Crippen LogP contribution in [0.3, 0.4) is 0 Å². The Morgan fingerprint density at radius 2 is 1.83 bits per heavy atom. The Balaban J connectivity index is 2.31.